The van der Waals surface area contributed by atoms with Crippen LogP contribution in [0.25, 0.3) is 0 Å². The molecule has 0 saturated carbocycles. The Morgan fingerprint density at radius 2 is 1.33 bits per heavy atom. The summed E-state index contributed by atoms with van der Waals surface area (Å²) in [5.74, 6) is 0. The Morgan fingerprint density at radius 3 is 1.75 bits per heavy atom. The lowest BCUT2D eigenvalue weighted by molar-refractivity contribution is 0.00345. The summed E-state index contributed by atoms with van der Waals surface area (Å²) in [6, 6.07) is -0.563. The van der Waals surface area contributed by atoms with Crippen LogP contribution in [0.3, 0.4) is 0 Å². The van der Waals surface area contributed by atoms with E-state index in [1.165, 1.54) is 52.4 Å². The quantitative estimate of drug-likeness (QED) is 0.262. The van der Waals surface area contributed by atoms with Crippen LogP contribution in [0.1, 0.15) is 85.0 Å². The molecule has 0 aromatic carbocycles. The molecule has 0 saturated heterocycles. The molecule has 0 aliphatic rings. The highest BCUT2D eigenvalue weighted by atomic mass is 32.2. The van der Waals surface area contributed by atoms with Crippen LogP contribution >= 0.6 is 0 Å². The average molecular weight is 368 g/mol. The maximum absolute atomic E-state index is 11.1. The minimum Gasteiger partial charge on any atom is -0.391 e. The highest BCUT2D eigenvalue weighted by Gasteiger charge is 2.28. The minimum atomic E-state index is -4.21. The fourth-order valence-corrected chi connectivity index (χ4v) is 3.10. The van der Waals surface area contributed by atoms with Crippen molar-refractivity contribution in [3.05, 3.63) is 0 Å². The molecule has 4 N–H and O–H groups in total. The van der Waals surface area contributed by atoms with Gasteiger partial charge in [-0.15, -0.1) is 0 Å². The maximum atomic E-state index is 11.1. The predicted molar refractivity (Wildman–Crippen MR) is 97.5 cm³/mol. The average Bonchev–Trinajstić information content (AvgIpc) is 2.50. The number of rotatable bonds is 15. The SMILES string of the molecule is CCCCCCCCCCCC(NC(C)S(=O)(=O)O)C(O)C(C)O. The molecule has 0 fully saturated rings. The van der Waals surface area contributed by atoms with Crippen molar-refractivity contribution in [1.29, 1.82) is 0 Å². The summed E-state index contributed by atoms with van der Waals surface area (Å²) in [6.45, 7) is 5.00. The van der Waals surface area contributed by atoms with Gasteiger partial charge in [0.05, 0.1) is 12.2 Å². The number of unbranched alkanes of at least 4 members (excludes halogenated alkanes) is 8. The van der Waals surface area contributed by atoms with Gasteiger partial charge in [0.15, 0.2) is 0 Å². The molecule has 0 aliphatic heterocycles. The zero-order chi connectivity index (χ0) is 18.6. The molecule has 0 aromatic rings. The van der Waals surface area contributed by atoms with E-state index in [-0.39, 0.29) is 0 Å². The first-order valence-corrected chi connectivity index (χ1v) is 10.8. The third kappa shape index (κ3) is 11.4. The van der Waals surface area contributed by atoms with E-state index < -0.39 is 33.7 Å². The summed E-state index contributed by atoms with van der Waals surface area (Å²) in [5, 5.41) is 21.1. The molecular weight excluding hydrogens is 330 g/mol. The van der Waals surface area contributed by atoms with Crippen molar-refractivity contribution in [1.82, 2.24) is 5.32 Å². The summed E-state index contributed by atoms with van der Waals surface area (Å²) in [4.78, 5) is 0. The summed E-state index contributed by atoms with van der Waals surface area (Å²) < 4.78 is 31.3. The number of aliphatic hydroxyl groups is 2. The van der Waals surface area contributed by atoms with E-state index in [1.54, 1.807) is 0 Å². The molecule has 0 heterocycles. The summed E-state index contributed by atoms with van der Waals surface area (Å²) >= 11 is 0. The van der Waals surface area contributed by atoms with Crippen LogP contribution in [0.2, 0.25) is 0 Å². The van der Waals surface area contributed by atoms with Crippen LogP contribution in [-0.2, 0) is 10.1 Å². The zero-order valence-corrected chi connectivity index (χ0v) is 16.3. The molecule has 4 atom stereocenters. The third-order valence-electron chi connectivity index (χ3n) is 4.42. The summed E-state index contributed by atoms with van der Waals surface area (Å²) in [6.07, 6.45) is 9.09. The summed E-state index contributed by atoms with van der Waals surface area (Å²) in [7, 11) is -4.21. The normalized spacial score (nSPS) is 17.4. The van der Waals surface area contributed by atoms with Gasteiger partial charge in [0, 0.05) is 6.04 Å². The van der Waals surface area contributed by atoms with Gasteiger partial charge in [-0.05, 0) is 20.3 Å². The summed E-state index contributed by atoms with van der Waals surface area (Å²) in [5.41, 5.74) is 0. The largest absolute Gasteiger partial charge is 0.391 e. The highest BCUT2D eigenvalue weighted by Crippen LogP contribution is 2.14. The van der Waals surface area contributed by atoms with E-state index in [0.717, 1.165) is 19.3 Å². The van der Waals surface area contributed by atoms with Crippen LogP contribution in [0.5, 0.6) is 0 Å². The molecule has 0 amide bonds. The molecule has 0 radical (unpaired) electrons. The highest BCUT2D eigenvalue weighted by molar-refractivity contribution is 7.86. The van der Waals surface area contributed by atoms with Crippen molar-refractivity contribution >= 4 is 10.1 Å². The van der Waals surface area contributed by atoms with E-state index in [4.69, 9.17) is 4.55 Å². The number of aliphatic hydroxyl groups excluding tert-OH is 2. The lowest BCUT2D eigenvalue weighted by Crippen LogP contribution is -2.50. The van der Waals surface area contributed by atoms with E-state index >= 15 is 0 Å². The van der Waals surface area contributed by atoms with Gasteiger partial charge in [0.25, 0.3) is 10.1 Å². The number of hydrogen-bond acceptors (Lipinski definition) is 5. The van der Waals surface area contributed by atoms with Crippen molar-refractivity contribution in [3.8, 4) is 0 Å². The molecule has 0 rings (SSSR count). The van der Waals surface area contributed by atoms with E-state index in [2.05, 4.69) is 12.2 Å². The van der Waals surface area contributed by atoms with Gasteiger partial charge < -0.3 is 10.2 Å². The van der Waals surface area contributed by atoms with Crippen LogP contribution < -0.4 is 5.32 Å². The van der Waals surface area contributed by atoms with Crippen LogP contribution in [0.15, 0.2) is 0 Å². The van der Waals surface area contributed by atoms with Crippen LogP contribution in [0.4, 0.5) is 0 Å². The van der Waals surface area contributed by atoms with Gasteiger partial charge in [-0.1, -0.05) is 64.7 Å². The van der Waals surface area contributed by atoms with Gasteiger partial charge in [0.2, 0.25) is 0 Å². The Kier molecular flexibility index (Phi) is 12.9. The standard InChI is InChI=1S/C17H37NO5S/c1-4-5-6-7-8-9-10-11-12-13-16(17(20)14(2)19)18-15(3)24(21,22)23/h14-20H,4-13H2,1-3H3,(H,21,22,23). The molecule has 24 heavy (non-hydrogen) atoms. The second-order valence-corrected chi connectivity index (χ2v) is 8.52. The fraction of sp³-hybridized carbons (Fsp3) is 1.00. The maximum Gasteiger partial charge on any atom is 0.280 e. The van der Waals surface area contributed by atoms with E-state index in [9.17, 15) is 18.6 Å². The Hall–Kier alpha value is -0.210. The van der Waals surface area contributed by atoms with E-state index in [1.807, 2.05) is 0 Å². The second-order valence-electron chi connectivity index (χ2n) is 6.78. The van der Waals surface area contributed by atoms with Crippen LogP contribution in [-0.4, -0.2) is 46.8 Å². The molecule has 146 valence electrons. The smallest absolute Gasteiger partial charge is 0.280 e. The molecule has 4 unspecified atom stereocenters. The molecule has 0 bridgehead atoms. The third-order valence-corrected chi connectivity index (χ3v) is 5.45. The first kappa shape index (κ1) is 23.8. The topological polar surface area (TPSA) is 107 Å². The van der Waals surface area contributed by atoms with E-state index in [0.29, 0.717) is 6.42 Å². The van der Waals surface area contributed by atoms with Gasteiger partial charge in [-0.25, -0.2) is 0 Å². The molecule has 0 aromatic heterocycles. The first-order valence-electron chi connectivity index (χ1n) is 9.28. The van der Waals surface area contributed by atoms with Crippen molar-refractivity contribution in [2.45, 2.75) is 109 Å². The second kappa shape index (κ2) is 13.1. The predicted octanol–water partition coefficient (Wildman–Crippen LogP) is 2.84. The van der Waals surface area contributed by atoms with Gasteiger partial charge in [-0.2, -0.15) is 8.42 Å². The van der Waals surface area contributed by atoms with Crippen molar-refractivity contribution in [3.63, 3.8) is 0 Å². The van der Waals surface area contributed by atoms with Gasteiger partial charge in [0.1, 0.15) is 5.37 Å². The minimum absolute atomic E-state index is 0.557. The molecule has 7 heteroatoms. The Balaban J connectivity index is 4.10. The molecular formula is C17H37NO5S. The van der Waals surface area contributed by atoms with Crippen molar-refractivity contribution < 1.29 is 23.2 Å². The number of hydrogen-bond donors (Lipinski definition) is 4. The van der Waals surface area contributed by atoms with Gasteiger partial charge in [-0.3, -0.25) is 9.87 Å². The fourth-order valence-electron chi connectivity index (χ4n) is 2.75. The Bertz CT molecular complexity index is 400. The lowest BCUT2D eigenvalue weighted by atomic mass is 9.99. The Labute approximate surface area is 147 Å². The molecule has 0 aliphatic carbocycles. The van der Waals surface area contributed by atoms with Crippen molar-refractivity contribution in [2.75, 3.05) is 0 Å². The monoisotopic (exact) mass is 367 g/mol. The van der Waals surface area contributed by atoms with Gasteiger partial charge >= 0.3 is 0 Å². The lowest BCUT2D eigenvalue weighted by Gasteiger charge is -2.28. The zero-order valence-electron chi connectivity index (χ0n) is 15.4. The Morgan fingerprint density at radius 1 is 0.875 bits per heavy atom. The van der Waals surface area contributed by atoms with Crippen LogP contribution in [0, 0.1) is 0 Å². The molecule has 0 spiro atoms. The first-order chi connectivity index (χ1) is 11.2. The van der Waals surface area contributed by atoms with Crippen molar-refractivity contribution in [2.24, 2.45) is 0 Å². The molecule has 6 nitrogen and oxygen atoms in total. The number of nitrogens with one attached hydrogen (secondary N) is 1.